The van der Waals surface area contributed by atoms with Gasteiger partial charge in [-0.3, -0.25) is 4.98 Å². The molecule has 0 saturated carbocycles. The Morgan fingerprint density at radius 2 is 1.86 bits per heavy atom. The summed E-state index contributed by atoms with van der Waals surface area (Å²) in [4.78, 5) is 3.80. The lowest BCUT2D eigenvalue weighted by Gasteiger charge is -2.25. The molecule has 7 heteroatoms. The molecule has 2 N–H and O–H groups in total. The zero-order chi connectivity index (χ0) is 15.6. The van der Waals surface area contributed by atoms with Gasteiger partial charge in [0.2, 0.25) is 10.0 Å². The SMILES string of the molecule is CC(c1ccncc1)N(C)S(=O)(=O)c1ccc(F)cc1N. The van der Waals surface area contributed by atoms with Crippen LogP contribution in [-0.2, 0) is 10.0 Å². The third-order valence-electron chi connectivity index (χ3n) is 3.36. The van der Waals surface area contributed by atoms with E-state index in [1.165, 1.54) is 17.4 Å². The molecular formula is C14H16FN3O2S. The van der Waals surface area contributed by atoms with Gasteiger partial charge < -0.3 is 5.73 Å². The van der Waals surface area contributed by atoms with E-state index in [1.54, 1.807) is 31.5 Å². The maximum absolute atomic E-state index is 13.1. The molecule has 1 aromatic carbocycles. The fraction of sp³-hybridized carbons (Fsp3) is 0.214. The Hall–Kier alpha value is -1.99. The minimum Gasteiger partial charge on any atom is -0.398 e. The van der Waals surface area contributed by atoms with Gasteiger partial charge in [0.25, 0.3) is 0 Å². The number of rotatable bonds is 4. The molecule has 1 unspecified atom stereocenters. The summed E-state index contributed by atoms with van der Waals surface area (Å²) in [7, 11) is -2.35. The Labute approximate surface area is 123 Å². The predicted molar refractivity (Wildman–Crippen MR) is 78.4 cm³/mol. The van der Waals surface area contributed by atoms with E-state index >= 15 is 0 Å². The van der Waals surface area contributed by atoms with Crippen molar-refractivity contribution in [3.63, 3.8) is 0 Å². The molecule has 0 aliphatic carbocycles. The van der Waals surface area contributed by atoms with Crippen LogP contribution in [0.4, 0.5) is 10.1 Å². The highest BCUT2D eigenvalue weighted by Gasteiger charge is 2.28. The van der Waals surface area contributed by atoms with Gasteiger partial charge in [0.15, 0.2) is 0 Å². The van der Waals surface area contributed by atoms with Crippen molar-refractivity contribution in [2.24, 2.45) is 0 Å². The van der Waals surface area contributed by atoms with E-state index in [-0.39, 0.29) is 10.6 Å². The topological polar surface area (TPSA) is 76.3 Å². The summed E-state index contributed by atoms with van der Waals surface area (Å²) >= 11 is 0. The van der Waals surface area contributed by atoms with Gasteiger partial charge in [-0.25, -0.2) is 12.8 Å². The molecule has 0 aliphatic rings. The zero-order valence-electron chi connectivity index (χ0n) is 11.7. The van der Waals surface area contributed by atoms with Gasteiger partial charge in [-0.2, -0.15) is 4.31 Å². The van der Waals surface area contributed by atoms with Gasteiger partial charge in [0.05, 0.1) is 5.69 Å². The smallest absolute Gasteiger partial charge is 0.245 e. The second-order valence-corrected chi connectivity index (χ2v) is 6.63. The number of aromatic nitrogens is 1. The third-order valence-corrected chi connectivity index (χ3v) is 5.36. The first-order chi connectivity index (χ1) is 9.84. The Kier molecular flexibility index (Phi) is 4.24. The quantitative estimate of drug-likeness (QED) is 0.878. The van der Waals surface area contributed by atoms with Gasteiger partial charge in [-0.05, 0) is 42.8 Å². The molecule has 0 saturated heterocycles. The molecule has 0 fully saturated rings. The highest BCUT2D eigenvalue weighted by atomic mass is 32.2. The lowest BCUT2D eigenvalue weighted by Crippen LogP contribution is -2.30. The largest absolute Gasteiger partial charge is 0.398 e. The maximum atomic E-state index is 13.1. The molecule has 0 spiro atoms. The van der Waals surface area contributed by atoms with Crippen molar-refractivity contribution in [2.75, 3.05) is 12.8 Å². The fourth-order valence-corrected chi connectivity index (χ4v) is 3.41. The van der Waals surface area contributed by atoms with Gasteiger partial charge >= 0.3 is 0 Å². The number of nitrogens with two attached hydrogens (primary N) is 1. The van der Waals surface area contributed by atoms with Crippen LogP contribution in [0.5, 0.6) is 0 Å². The highest BCUT2D eigenvalue weighted by Crippen LogP contribution is 2.28. The standard InChI is InChI=1S/C14H16FN3O2S/c1-10(11-5-7-17-8-6-11)18(2)21(19,20)14-4-3-12(15)9-13(14)16/h3-10H,16H2,1-2H3. The maximum Gasteiger partial charge on any atom is 0.245 e. The van der Waals surface area contributed by atoms with Gasteiger partial charge in [-0.15, -0.1) is 0 Å². The first-order valence-electron chi connectivity index (χ1n) is 6.27. The molecule has 0 amide bonds. The lowest BCUT2D eigenvalue weighted by atomic mass is 10.1. The monoisotopic (exact) mass is 309 g/mol. The summed E-state index contributed by atoms with van der Waals surface area (Å²) in [6.45, 7) is 1.76. The van der Waals surface area contributed by atoms with E-state index in [4.69, 9.17) is 5.73 Å². The number of hydrogen-bond acceptors (Lipinski definition) is 4. The number of hydrogen-bond donors (Lipinski definition) is 1. The van der Waals surface area contributed by atoms with E-state index in [0.29, 0.717) is 0 Å². The zero-order valence-corrected chi connectivity index (χ0v) is 12.5. The molecule has 112 valence electrons. The molecule has 2 aromatic rings. The van der Waals surface area contributed by atoms with E-state index in [2.05, 4.69) is 4.98 Å². The van der Waals surface area contributed by atoms with Crippen molar-refractivity contribution in [1.82, 2.24) is 9.29 Å². The van der Waals surface area contributed by atoms with Crippen molar-refractivity contribution >= 4 is 15.7 Å². The van der Waals surface area contributed by atoms with E-state index in [0.717, 1.165) is 17.7 Å². The Bertz CT molecular complexity index is 735. The van der Waals surface area contributed by atoms with E-state index in [1.807, 2.05) is 0 Å². The number of anilines is 1. The Morgan fingerprint density at radius 3 is 2.43 bits per heavy atom. The predicted octanol–water partition coefficient (Wildman–Crippen LogP) is 2.18. The summed E-state index contributed by atoms with van der Waals surface area (Å²) in [5.74, 6) is -0.573. The molecule has 0 aliphatic heterocycles. The minimum atomic E-state index is -3.81. The number of benzene rings is 1. The normalized spacial score (nSPS) is 13.3. The van der Waals surface area contributed by atoms with Crippen LogP contribution in [0.1, 0.15) is 18.5 Å². The second kappa shape index (κ2) is 5.79. The number of halogens is 1. The van der Waals surface area contributed by atoms with Crippen LogP contribution in [0.25, 0.3) is 0 Å². The Morgan fingerprint density at radius 1 is 1.24 bits per heavy atom. The van der Waals surface area contributed by atoms with E-state index < -0.39 is 21.9 Å². The van der Waals surface area contributed by atoms with Crippen molar-refractivity contribution in [2.45, 2.75) is 17.9 Å². The van der Waals surface area contributed by atoms with Crippen LogP contribution in [0, 0.1) is 5.82 Å². The van der Waals surface area contributed by atoms with Gasteiger partial charge in [0.1, 0.15) is 10.7 Å². The molecule has 1 aromatic heterocycles. The van der Waals surface area contributed by atoms with Gasteiger partial charge in [-0.1, -0.05) is 0 Å². The summed E-state index contributed by atoms with van der Waals surface area (Å²) < 4.78 is 39.4. The highest BCUT2D eigenvalue weighted by molar-refractivity contribution is 7.89. The molecule has 0 bridgehead atoms. The molecule has 21 heavy (non-hydrogen) atoms. The van der Waals surface area contributed by atoms with Gasteiger partial charge in [0, 0.05) is 25.5 Å². The number of nitrogens with zero attached hydrogens (tertiary/aromatic N) is 2. The van der Waals surface area contributed by atoms with Crippen molar-refractivity contribution < 1.29 is 12.8 Å². The summed E-state index contributed by atoms with van der Waals surface area (Å²) in [6, 6.07) is 6.33. The molecule has 0 radical (unpaired) electrons. The van der Waals surface area contributed by atoms with E-state index in [9.17, 15) is 12.8 Å². The first-order valence-corrected chi connectivity index (χ1v) is 7.71. The van der Waals surface area contributed by atoms with Crippen LogP contribution < -0.4 is 5.73 Å². The lowest BCUT2D eigenvalue weighted by molar-refractivity contribution is 0.398. The Balaban J connectivity index is 2.39. The summed E-state index contributed by atoms with van der Waals surface area (Å²) in [5.41, 5.74) is 6.32. The third kappa shape index (κ3) is 3.03. The van der Waals surface area contributed by atoms with Crippen LogP contribution >= 0.6 is 0 Å². The average molecular weight is 309 g/mol. The molecule has 5 nitrogen and oxygen atoms in total. The second-order valence-electron chi connectivity index (χ2n) is 4.66. The number of pyridine rings is 1. The first kappa shape index (κ1) is 15.4. The van der Waals surface area contributed by atoms with Crippen LogP contribution in [0.15, 0.2) is 47.6 Å². The molecule has 1 atom stereocenters. The molecular weight excluding hydrogens is 293 g/mol. The number of nitrogen functional groups attached to an aromatic ring is 1. The number of sulfonamides is 1. The van der Waals surface area contributed by atoms with Crippen LogP contribution in [0.2, 0.25) is 0 Å². The van der Waals surface area contributed by atoms with Crippen molar-refractivity contribution in [1.29, 1.82) is 0 Å². The minimum absolute atomic E-state index is 0.104. The molecule has 1 heterocycles. The van der Waals surface area contributed by atoms with Crippen LogP contribution in [-0.4, -0.2) is 24.8 Å². The average Bonchev–Trinajstić information content (AvgIpc) is 2.46. The molecule has 2 rings (SSSR count). The van der Waals surface area contributed by atoms with Crippen LogP contribution in [0.3, 0.4) is 0 Å². The van der Waals surface area contributed by atoms with Crippen molar-refractivity contribution in [3.05, 3.63) is 54.1 Å². The summed E-state index contributed by atoms with van der Waals surface area (Å²) in [6.07, 6.45) is 3.19. The summed E-state index contributed by atoms with van der Waals surface area (Å²) in [5, 5.41) is 0. The fourth-order valence-electron chi connectivity index (χ4n) is 1.97. The van der Waals surface area contributed by atoms with Crippen molar-refractivity contribution in [3.8, 4) is 0 Å².